The van der Waals surface area contributed by atoms with E-state index in [0.717, 1.165) is 68.1 Å². The van der Waals surface area contributed by atoms with Gasteiger partial charge >= 0.3 is 0 Å². The molecule has 0 amide bonds. The van der Waals surface area contributed by atoms with Crippen LogP contribution in [0.3, 0.4) is 0 Å². The second-order valence-corrected chi connectivity index (χ2v) is 6.04. The van der Waals surface area contributed by atoms with Crippen molar-refractivity contribution in [1.82, 2.24) is 24.6 Å². The minimum atomic E-state index is 0.854. The Labute approximate surface area is 141 Å². The highest BCUT2D eigenvalue weighted by Crippen LogP contribution is 2.18. The van der Waals surface area contributed by atoms with Crippen LogP contribution in [-0.4, -0.2) is 57.5 Å². The molecule has 24 heavy (non-hydrogen) atoms. The first kappa shape index (κ1) is 15.2. The fourth-order valence-electron chi connectivity index (χ4n) is 3.00. The Morgan fingerprint density at radius 1 is 1.00 bits per heavy atom. The van der Waals surface area contributed by atoms with E-state index in [0.29, 0.717) is 0 Å². The van der Waals surface area contributed by atoms with E-state index in [1.807, 2.05) is 41.3 Å². The zero-order valence-electron chi connectivity index (χ0n) is 13.6. The normalized spacial score (nSPS) is 15.8. The van der Waals surface area contributed by atoms with Gasteiger partial charge in [0.25, 0.3) is 0 Å². The fraction of sp³-hybridized carbons (Fsp3) is 0.389. The second-order valence-electron chi connectivity index (χ2n) is 6.04. The van der Waals surface area contributed by atoms with E-state index in [2.05, 4.69) is 26.2 Å². The van der Waals surface area contributed by atoms with Crippen molar-refractivity contribution in [3.05, 3.63) is 42.9 Å². The Kier molecular flexibility index (Phi) is 4.49. The summed E-state index contributed by atoms with van der Waals surface area (Å²) in [5.41, 5.74) is 3.71. The highest BCUT2D eigenvalue weighted by molar-refractivity contribution is 5.76. The number of rotatable bonds is 5. The topological polar surface area (TPSA) is 56.1 Å². The molecule has 3 aromatic rings. The molecule has 0 saturated carbocycles. The lowest BCUT2D eigenvalue weighted by atomic mass is 10.2. The Hall–Kier alpha value is -2.31. The zero-order chi connectivity index (χ0) is 16.2. The molecule has 1 fully saturated rings. The van der Waals surface area contributed by atoms with Gasteiger partial charge in [-0.25, -0.2) is 4.98 Å². The quantitative estimate of drug-likeness (QED) is 0.720. The number of hydrogen-bond donors (Lipinski definition) is 0. The summed E-state index contributed by atoms with van der Waals surface area (Å²) in [5.74, 6) is 0. The predicted octanol–water partition coefficient (Wildman–Crippen LogP) is 2.22. The molecule has 4 rings (SSSR count). The summed E-state index contributed by atoms with van der Waals surface area (Å²) in [6.07, 6.45) is 6.83. The van der Waals surface area contributed by atoms with E-state index >= 15 is 0 Å². The maximum atomic E-state index is 5.38. The smallest absolute Gasteiger partial charge is 0.0924 e. The molecular weight excluding hydrogens is 302 g/mol. The lowest BCUT2D eigenvalue weighted by molar-refractivity contribution is 0.0368. The van der Waals surface area contributed by atoms with Crippen molar-refractivity contribution in [2.75, 3.05) is 32.8 Å². The molecule has 6 heteroatoms. The van der Waals surface area contributed by atoms with Crippen LogP contribution in [0.2, 0.25) is 0 Å². The Morgan fingerprint density at radius 2 is 1.83 bits per heavy atom. The number of para-hydroxylation sites is 2. The van der Waals surface area contributed by atoms with Gasteiger partial charge < -0.3 is 4.74 Å². The Balaban J connectivity index is 1.40. The number of aromatic nitrogens is 4. The summed E-state index contributed by atoms with van der Waals surface area (Å²) < 4.78 is 7.37. The van der Waals surface area contributed by atoms with Gasteiger partial charge in [0.15, 0.2) is 0 Å². The van der Waals surface area contributed by atoms with Crippen molar-refractivity contribution in [3.63, 3.8) is 0 Å². The molecule has 0 atom stereocenters. The van der Waals surface area contributed by atoms with E-state index in [9.17, 15) is 0 Å². The maximum absolute atomic E-state index is 5.38. The van der Waals surface area contributed by atoms with Gasteiger partial charge in [-0.05, 0) is 18.6 Å². The molecule has 6 nitrogen and oxygen atoms in total. The van der Waals surface area contributed by atoms with E-state index < -0.39 is 0 Å². The molecule has 1 aliphatic heterocycles. The molecule has 1 aromatic carbocycles. The fourth-order valence-corrected chi connectivity index (χ4v) is 3.00. The van der Waals surface area contributed by atoms with Crippen molar-refractivity contribution in [2.24, 2.45) is 0 Å². The lowest BCUT2D eigenvalue weighted by Crippen LogP contribution is -2.37. The Morgan fingerprint density at radius 3 is 2.71 bits per heavy atom. The zero-order valence-corrected chi connectivity index (χ0v) is 13.6. The van der Waals surface area contributed by atoms with Crippen LogP contribution in [0.15, 0.2) is 42.9 Å². The first-order chi connectivity index (χ1) is 11.9. The van der Waals surface area contributed by atoms with Crippen molar-refractivity contribution in [2.45, 2.75) is 13.0 Å². The van der Waals surface area contributed by atoms with Crippen LogP contribution in [0.4, 0.5) is 0 Å². The van der Waals surface area contributed by atoms with E-state index in [-0.39, 0.29) is 0 Å². The number of ether oxygens (including phenoxy) is 1. The maximum Gasteiger partial charge on any atom is 0.0924 e. The van der Waals surface area contributed by atoms with Gasteiger partial charge in [0.1, 0.15) is 0 Å². The van der Waals surface area contributed by atoms with Crippen LogP contribution < -0.4 is 0 Å². The van der Waals surface area contributed by atoms with Crippen molar-refractivity contribution < 1.29 is 4.74 Å². The van der Waals surface area contributed by atoms with Crippen LogP contribution in [0.25, 0.3) is 22.3 Å². The summed E-state index contributed by atoms with van der Waals surface area (Å²) in [6, 6.07) is 7.92. The molecule has 1 saturated heterocycles. The highest BCUT2D eigenvalue weighted by Gasteiger charge is 2.10. The molecule has 0 radical (unpaired) electrons. The number of benzene rings is 1. The third-order valence-electron chi connectivity index (χ3n) is 4.34. The molecule has 0 bridgehead atoms. The lowest BCUT2D eigenvalue weighted by Gasteiger charge is -2.26. The number of fused-ring (bicyclic) bond motifs is 1. The summed E-state index contributed by atoms with van der Waals surface area (Å²) >= 11 is 0. The summed E-state index contributed by atoms with van der Waals surface area (Å²) in [7, 11) is 0. The molecule has 2 aromatic heterocycles. The number of hydrogen-bond acceptors (Lipinski definition) is 5. The standard InChI is InChI=1S/C18H21N5O/c1-2-5-17-16(4-1)19-13-18(21-17)15-12-20-23(14-15)7-3-6-22-8-10-24-11-9-22/h1-2,4-5,12-14H,3,6-11H2. The van der Waals surface area contributed by atoms with Gasteiger partial charge in [0.2, 0.25) is 0 Å². The Bertz CT molecular complexity index is 810. The average molecular weight is 323 g/mol. The molecule has 0 aliphatic carbocycles. The number of morpholine rings is 1. The third kappa shape index (κ3) is 3.44. The molecule has 0 unspecified atom stereocenters. The van der Waals surface area contributed by atoms with Gasteiger partial charge in [-0.2, -0.15) is 5.10 Å². The predicted molar refractivity (Wildman–Crippen MR) is 92.6 cm³/mol. The third-order valence-corrected chi connectivity index (χ3v) is 4.34. The van der Waals surface area contributed by atoms with E-state index in [4.69, 9.17) is 4.74 Å². The van der Waals surface area contributed by atoms with Crippen molar-refractivity contribution >= 4 is 11.0 Å². The molecule has 3 heterocycles. The molecule has 1 aliphatic rings. The SMILES string of the molecule is c1ccc2nc(-c3cnn(CCCN4CCOCC4)c3)cnc2c1. The van der Waals surface area contributed by atoms with E-state index in [1.165, 1.54) is 0 Å². The first-order valence-corrected chi connectivity index (χ1v) is 8.43. The van der Waals surface area contributed by atoms with Crippen LogP contribution in [0.5, 0.6) is 0 Å². The van der Waals surface area contributed by atoms with Crippen molar-refractivity contribution in [3.8, 4) is 11.3 Å². The van der Waals surface area contributed by atoms with Gasteiger partial charge in [0, 0.05) is 37.9 Å². The molecule has 0 spiro atoms. The van der Waals surface area contributed by atoms with Crippen LogP contribution >= 0.6 is 0 Å². The van der Waals surface area contributed by atoms with Gasteiger partial charge in [-0.15, -0.1) is 0 Å². The molecule has 0 N–H and O–H groups in total. The largest absolute Gasteiger partial charge is 0.379 e. The van der Waals surface area contributed by atoms with Gasteiger partial charge in [-0.3, -0.25) is 14.6 Å². The van der Waals surface area contributed by atoms with Gasteiger partial charge in [0.05, 0.1) is 42.3 Å². The summed E-state index contributed by atoms with van der Waals surface area (Å²) in [6.45, 7) is 5.79. The second kappa shape index (κ2) is 7.07. The van der Waals surface area contributed by atoms with E-state index in [1.54, 1.807) is 0 Å². The van der Waals surface area contributed by atoms with Crippen LogP contribution in [0.1, 0.15) is 6.42 Å². The van der Waals surface area contributed by atoms with Gasteiger partial charge in [-0.1, -0.05) is 12.1 Å². The highest BCUT2D eigenvalue weighted by atomic mass is 16.5. The molecular formula is C18H21N5O. The number of aryl methyl sites for hydroxylation is 1. The summed E-state index contributed by atoms with van der Waals surface area (Å²) in [4.78, 5) is 11.6. The average Bonchev–Trinajstić information content (AvgIpc) is 3.11. The number of nitrogens with zero attached hydrogens (tertiary/aromatic N) is 5. The van der Waals surface area contributed by atoms with Crippen LogP contribution in [-0.2, 0) is 11.3 Å². The summed E-state index contributed by atoms with van der Waals surface area (Å²) in [5, 5.41) is 4.46. The first-order valence-electron chi connectivity index (χ1n) is 8.43. The minimum absolute atomic E-state index is 0.854. The monoisotopic (exact) mass is 323 g/mol. The van der Waals surface area contributed by atoms with Crippen LogP contribution in [0, 0.1) is 0 Å². The molecule has 124 valence electrons. The van der Waals surface area contributed by atoms with Crippen molar-refractivity contribution in [1.29, 1.82) is 0 Å². The minimum Gasteiger partial charge on any atom is -0.379 e.